The molecule has 1 aromatic rings. The lowest BCUT2D eigenvalue weighted by atomic mass is 9.93. The maximum atomic E-state index is 6.20. The molecule has 2 N–H and O–H groups in total. The first-order valence-electron chi connectivity index (χ1n) is 7.61. The molecule has 0 spiro atoms. The van der Waals surface area contributed by atoms with Gasteiger partial charge in [0, 0.05) is 37.2 Å². The van der Waals surface area contributed by atoms with Gasteiger partial charge in [0.2, 0.25) is 0 Å². The zero-order valence-electron chi connectivity index (χ0n) is 12.6. The van der Waals surface area contributed by atoms with Gasteiger partial charge >= 0.3 is 0 Å². The van der Waals surface area contributed by atoms with Crippen LogP contribution in [0.5, 0.6) is 0 Å². The summed E-state index contributed by atoms with van der Waals surface area (Å²) in [4.78, 5) is 0. The zero-order valence-corrected chi connectivity index (χ0v) is 12.6. The van der Waals surface area contributed by atoms with Gasteiger partial charge in [-0.15, -0.1) is 0 Å². The molecule has 0 saturated heterocycles. The molecule has 0 aliphatic heterocycles. The van der Waals surface area contributed by atoms with Crippen LogP contribution >= 0.6 is 0 Å². The Balaban J connectivity index is 1.90. The van der Waals surface area contributed by atoms with Gasteiger partial charge in [-0.05, 0) is 50.2 Å². The van der Waals surface area contributed by atoms with Crippen molar-refractivity contribution < 1.29 is 4.74 Å². The first-order chi connectivity index (χ1) is 9.09. The van der Waals surface area contributed by atoms with Gasteiger partial charge in [-0.25, -0.2) is 0 Å². The largest absolute Gasteiger partial charge is 0.381 e. The van der Waals surface area contributed by atoms with Crippen molar-refractivity contribution in [2.24, 2.45) is 11.7 Å². The van der Waals surface area contributed by atoms with Crippen LogP contribution in [0.15, 0.2) is 6.07 Å². The summed E-state index contributed by atoms with van der Waals surface area (Å²) < 4.78 is 8.11. The molecule has 0 amide bonds. The second-order valence-electron chi connectivity index (χ2n) is 6.16. The molecule has 0 fully saturated rings. The Kier molecular flexibility index (Phi) is 5.06. The number of nitrogens with zero attached hydrogens (tertiary/aromatic N) is 1. The average Bonchev–Trinajstić information content (AvgIpc) is 2.67. The molecule has 1 aliphatic carbocycles. The highest BCUT2D eigenvalue weighted by Gasteiger charge is 2.21. The minimum absolute atomic E-state index is 0.251. The third-order valence-electron chi connectivity index (χ3n) is 3.90. The van der Waals surface area contributed by atoms with E-state index < -0.39 is 0 Å². The van der Waals surface area contributed by atoms with E-state index in [2.05, 4.69) is 31.4 Å². The molecule has 1 aromatic heterocycles. The van der Waals surface area contributed by atoms with E-state index in [9.17, 15) is 0 Å². The van der Waals surface area contributed by atoms with E-state index in [-0.39, 0.29) is 6.04 Å². The maximum absolute atomic E-state index is 6.20. The van der Waals surface area contributed by atoms with Crippen molar-refractivity contribution in [3.05, 3.63) is 23.0 Å². The third-order valence-corrected chi connectivity index (χ3v) is 3.90. The van der Waals surface area contributed by atoms with E-state index >= 15 is 0 Å². The molecule has 1 unspecified atom stereocenters. The Morgan fingerprint density at radius 2 is 2.26 bits per heavy atom. The van der Waals surface area contributed by atoms with Crippen molar-refractivity contribution in [3.8, 4) is 0 Å². The molecule has 3 heteroatoms. The topological polar surface area (TPSA) is 40.2 Å². The van der Waals surface area contributed by atoms with Crippen molar-refractivity contribution in [2.45, 2.75) is 59.0 Å². The summed E-state index contributed by atoms with van der Waals surface area (Å²) in [5, 5.41) is 0. The van der Waals surface area contributed by atoms with Crippen LogP contribution < -0.4 is 5.73 Å². The number of aromatic nitrogens is 1. The molecule has 1 heterocycles. The highest BCUT2D eigenvalue weighted by Crippen LogP contribution is 2.30. The average molecular weight is 264 g/mol. The van der Waals surface area contributed by atoms with Gasteiger partial charge in [-0.2, -0.15) is 0 Å². The molecule has 0 aromatic carbocycles. The molecule has 0 radical (unpaired) electrons. The minimum atomic E-state index is 0.251. The van der Waals surface area contributed by atoms with Crippen LogP contribution in [0.2, 0.25) is 0 Å². The van der Waals surface area contributed by atoms with Crippen LogP contribution in [0.3, 0.4) is 0 Å². The van der Waals surface area contributed by atoms with Crippen LogP contribution in [0.4, 0.5) is 0 Å². The summed E-state index contributed by atoms with van der Waals surface area (Å²) in [6.07, 6.45) is 4.63. The van der Waals surface area contributed by atoms with Gasteiger partial charge in [0.1, 0.15) is 0 Å². The lowest BCUT2D eigenvalue weighted by Gasteiger charge is -2.21. The predicted molar refractivity (Wildman–Crippen MR) is 79.3 cm³/mol. The number of aryl methyl sites for hydroxylation is 1. The van der Waals surface area contributed by atoms with Crippen LogP contribution in [-0.2, 0) is 17.7 Å². The van der Waals surface area contributed by atoms with E-state index in [1.54, 1.807) is 0 Å². The van der Waals surface area contributed by atoms with E-state index in [1.165, 1.54) is 29.8 Å². The Labute approximate surface area is 117 Å². The Bertz CT molecular complexity index is 409. The number of rotatable bonds is 6. The van der Waals surface area contributed by atoms with Gasteiger partial charge in [-0.1, -0.05) is 13.8 Å². The second kappa shape index (κ2) is 6.58. The van der Waals surface area contributed by atoms with Crippen molar-refractivity contribution in [1.29, 1.82) is 0 Å². The molecule has 1 aliphatic rings. The summed E-state index contributed by atoms with van der Waals surface area (Å²) in [6, 6.07) is 2.54. The van der Waals surface area contributed by atoms with Crippen molar-refractivity contribution in [3.63, 3.8) is 0 Å². The summed E-state index contributed by atoms with van der Waals surface area (Å²) in [5.41, 5.74) is 10.4. The molecule has 0 bridgehead atoms. The van der Waals surface area contributed by atoms with Gasteiger partial charge in [-0.3, -0.25) is 0 Å². The first kappa shape index (κ1) is 14.6. The van der Waals surface area contributed by atoms with Crippen LogP contribution in [0.25, 0.3) is 0 Å². The molecular weight excluding hydrogens is 236 g/mol. The fourth-order valence-electron chi connectivity index (χ4n) is 2.96. The minimum Gasteiger partial charge on any atom is -0.381 e. The van der Waals surface area contributed by atoms with Crippen LogP contribution in [-0.4, -0.2) is 17.8 Å². The summed E-state index contributed by atoms with van der Waals surface area (Å²) in [6.45, 7) is 9.36. The monoisotopic (exact) mass is 264 g/mol. The van der Waals surface area contributed by atoms with Gasteiger partial charge < -0.3 is 15.0 Å². The van der Waals surface area contributed by atoms with Crippen LogP contribution in [0, 0.1) is 12.8 Å². The van der Waals surface area contributed by atoms with E-state index in [0.717, 1.165) is 32.6 Å². The normalized spacial score (nSPS) is 18.9. The quantitative estimate of drug-likeness (QED) is 0.802. The molecule has 108 valence electrons. The highest BCUT2D eigenvalue weighted by molar-refractivity contribution is 5.32. The Morgan fingerprint density at radius 1 is 1.47 bits per heavy atom. The Hall–Kier alpha value is -0.800. The van der Waals surface area contributed by atoms with E-state index in [0.29, 0.717) is 5.92 Å². The SMILES string of the molecule is Cc1cc2c(n1CCCOCC(C)C)CCCC2N. The summed E-state index contributed by atoms with van der Waals surface area (Å²) in [5.74, 6) is 0.624. The van der Waals surface area contributed by atoms with Gasteiger partial charge in [0.05, 0.1) is 0 Å². The van der Waals surface area contributed by atoms with Crippen molar-refractivity contribution >= 4 is 0 Å². The first-order valence-corrected chi connectivity index (χ1v) is 7.61. The van der Waals surface area contributed by atoms with Crippen molar-refractivity contribution in [2.75, 3.05) is 13.2 Å². The van der Waals surface area contributed by atoms with E-state index in [1.807, 2.05) is 0 Å². The number of ether oxygens (including phenoxy) is 1. The number of hydrogen-bond donors (Lipinski definition) is 1. The molecular formula is C16H28N2O. The number of hydrogen-bond acceptors (Lipinski definition) is 2. The molecule has 0 saturated carbocycles. The number of nitrogens with two attached hydrogens (primary N) is 1. The molecule has 1 atom stereocenters. The highest BCUT2D eigenvalue weighted by atomic mass is 16.5. The molecule has 2 rings (SSSR count). The lowest BCUT2D eigenvalue weighted by Crippen LogP contribution is -2.18. The van der Waals surface area contributed by atoms with Gasteiger partial charge in [0.15, 0.2) is 0 Å². The lowest BCUT2D eigenvalue weighted by molar-refractivity contribution is 0.105. The third kappa shape index (κ3) is 3.61. The smallest absolute Gasteiger partial charge is 0.0489 e. The van der Waals surface area contributed by atoms with E-state index in [4.69, 9.17) is 10.5 Å². The second-order valence-corrected chi connectivity index (χ2v) is 6.16. The predicted octanol–water partition coefficient (Wildman–Crippen LogP) is 3.20. The fourth-order valence-corrected chi connectivity index (χ4v) is 2.96. The maximum Gasteiger partial charge on any atom is 0.0489 e. The van der Waals surface area contributed by atoms with Crippen LogP contribution in [0.1, 0.15) is 56.1 Å². The zero-order chi connectivity index (χ0) is 13.8. The van der Waals surface area contributed by atoms with Gasteiger partial charge in [0.25, 0.3) is 0 Å². The van der Waals surface area contributed by atoms with Crippen molar-refractivity contribution in [1.82, 2.24) is 4.57 Å². The summed E-state index contributed by atoms with van der Waals surface area (Å²) in [7, 11) is 0. The Morgan fingerprint density at radius 3 is 3.00 bits per heavy atom. The fraction of sp³-hybridized carbons (Fsp3) is 0.750. The number of fused-ring (bicyclic) bond motifs is 1. The molecule has 19 heavy (non-hydrogen) atoms. The summed E-state index contributed by atoms with van der Waals surface area (Å²) >= 11 is 0. The standard InChI is InChI=1S/C16H28N2O/c1-12(2)11-19-9-5-8-18-13(3)10-14-15(17)6-4-7-16(14)18/h10,12,15H,4-9,11,17H2,1-3H3. The molecule has 3 nitrogen and oxygen atoms in total.